The number of pyridine rings is 1. The Morgan fingerprint density at radius 3 is 2.50 bits per heavy atom. The molecule has 2 nitrogen and oxygen atoms in total. The highest BCUT2D eigenvalue weighted by molar-refractivity contribution is 7.99. The molecule has 3 heteroatoms. The van der Waals surface area contributed by atoms with Crippen LogP contribution in [-0.4, -0.2) is 15.8 Å². The van der Waals surface area contributed by atoms with Crippen molar-refractivity contribution in [2.24, 2.45) is 0 Å². The molecule has 1 unspecified atom stereocenters. The topological polar surface area (TPSA) is 33.1 Å². The van der Waals surface area contributed by atoms with Crippen LogP contribution < -0.4 is 0 Å². The smallest absolute Gasteiger partial charge is 0.0960 e. The molecule has 0 radical (unpaired) electrons. The van der Waals surface area contributed by atoms with Crippen LogP contribution in [0.25, 0.3) is 0 Å². The molecule has 0 saturated carbocycles. The molecule has 0 amide bonds. The Morgan fingerprint density at radius 2 is 1.81 bits per heavy atom. The number of thioether (sulfide) groups is 1. The van der Waals surface area contributed by atoms with Crippen LogP contribution >= 0.6 is 11.8 Å². The minimum Gasteiger partial charge on any atom is -0.388 e. The third kappa shape index (κ3) is 3.08. The normalized spacial score (nSPS) is 12.3. The predicted molar refractivity (Wildman–Crippen MR) is 66.4 cm³/mol. The number of hydrogen-bond donors (Lipinski definition) is 1. The molecule has 1 N–H and O–H groups in total. The van der Waals surface area contributed by atoms with Gasteiger partial charge in [-0.15, -0.1) is 11.8 Å². The number of aliphatic hydroxyl groups excluding tert-OH is 1. The largest absolute Gasteiger partial charge is 0.388 e. The molecule has 0 bridgehead atoms. The Bertz CT molecular complexity index is 418. The number of rotatable bonds is 4. The Hall–Kier alpha value is -1.32. The molecule has 0 aliphatic rings. The summed E-state index contributed by atoms with van der Waals surface area (Å²) < 4.78 is 0. The molecule has 0 aliphatic heterocycles. The molecule has 0 saturated heterocycles. The van der Waals surface area contributed by atoms with Gasteiger partial charge in [-0.2, -0.15) is 0 Å². The summed E-state index contributed by atoms with van der Waals surface area (Å²) in [5.41, 5.74) is 0.950. The molecule has 1 aromatic heterocycles. The second-order valence-corrected chi connectivity index (χ2v) is 4.45. The number of benzene rings is 1. The first kappa shape index (κ1) is 11.2. The fourth-order valence-corrected chi connectivity index (χ4v) is 2.20. The van der Waals surface area contributed by atoms with Gasteiger partial charge in [0.25, 0.3) is 0 Å². The zero-order chi connectivity index (χ0) is 11.2. The Balaban J connectivity index is 1.92. The maximum atomic E-state index is 9.93. The van der Waals surface area contributed by atoms with Crippen molar-refractivity contribution in [1.29, 1.82) is 0 Å². The first-order valence-electron chi connectivity index (χ1n) is 5.13. The molecule has 0 spiro atoms. The third-order valence-corrected chi connectivity index (χ3v) is 3.23. The second kappa shape index (κ2) is 5.68. The van der Waals surface area contributed by atoms with Crippen LogP contribution in [-0.2, 0) is 0 Å². The van der Waals surface area contributed by atoms with E-state index in [-0.39, 0.29) is 0 Å². The third-order valence-electron chi connectivity index (χ3n) is 2.21. The number of hydrogen-bond acceptors (Lipinski definition) is 3. The van der Waals surface area contributed by atoms with Gasteiger partial charge in [0.05, 0.1) is 11.1 Å². The molecule has 0 fully saturated rings. The monoisotopic (exact) mass is 231 g/mol. The van der Waals surface area contributed by atoms with E-state index in [4.69, 9.17) is 0 Å². The molecular formula is C13H13NOS. The van der Waals surface area contributed by atoms with Crippen LogP contribution in [0.2, 0.25) is 0 Å². The highest BCUT2D eigenvalue weighted by Gasteiger charge is 2.07. The van der Waals surface area contributed by atoms with E-state index in [0.717, 1.165) is 10.6 Å². The van der Waals surface area contributed by atoms with Gasteiger partial charge in [-0.25, -0.2) is 4.98 Å². The number of nitrogens with zero attached hydrogens (tertiary/aromatic N) is 1. The first-order valence-corrected chi connectivity index (χ1v) is 6.11. The zero-order valence-corrected chi connectivity index (χ0v) is 9.60. The van der Waals surface area contributed by atoms with E-state index < -0.39 is 6.10 Å². The lowest BCUT2D eigenvalue weighted by Gasteiger charge is -2.09. The number of aromatic nitrogens is 1. The summed E-state index contributed by atoms with van der Waals surface area (Å²) in [4.78, 5) is 4.20. The lowest BCUT2D eigenvalue weighted by atomic mass is 10.1. The quantitative estimate of drug-likeness (QED) is 0.821. The van der Waals surface area contributed by atoms with Gasteiger partial charge in [-0.05, 0) is 17.7 Å². The van der Waals surface area contributed by atoms with Crippen molar-refractivity contribution in [2.45, 2.75) is 11.1 Å². The average molecular weight is 231 g/mol. The predicted octanol–water partition coefficient (Wildman–Crippen LogP) is 2.91. The van der Waals surface area contributed by atoms with E-state index in [1.54, 1.807) is 18.0 Å². The summed E-state index contributed by atoms with van der Waals surface area (Å²) in [6.45, 7) is 0. The molecule has 82 valence electrons. The van der Waals surface area contributed by atoms with Crippen LogP contribution in [0.5, 0.6) is 0 Å². The van der Waals surface area contributed by atoms with Crippen LogP contribution in [0.4, 0.5) is 0 Å². The average Bonchev–Trinajstić information content (AvgIpc) is 2.38. The SMILES string of the molecule is OC(CSc1ccccn1)c1ccccc1. The van der Waals surface area contributed by atoms with E-state index in [1.165, 1.54) is 0 Å². The molecule has 1 heterocycles. The summed E-state index contributed by atoms with van der Waals surface area (Å²) in [5, 5.41) is 10.9. The lowest BCUT2D eigenvalue weighted by molar-refractivity contribution is 0.204. The lowest BCUT2D eigenvalue weighted by Crippen LogP contribution is -2.00. The molecular weight excluding hydrogens is 218 g/mol. The van der Waals surface area contributed by atoms with Gasteiger partial charge in [-0.3, -0.25) is 0 Å². The van der Waals surface area contributed by atoms with Crippen LogP contribution in [0, 0.1) is 0 Å². The van der Waals surface area contributed by atoms with E-state index in [1.807, 2.05) is 48.5 Å². The minimum atomic E-state index is -0.437. The Labute approximate surface area is 99.4 Å². The fourth-order valence-electron chi connectivity index (χ4n) is 1.37. The van der Waals surface area contributed by atoms with Crippen molar-refractivity contribution in [3.8, 4) is 0 Å². The maximum Gasteiger partial charge on any atom is 0.0960 e. The van der Waals surface area contributed by atoms with Crippen molar-refractivity contribution in [1.82, 2.24) is 4.98 Å². The summed E-state index contributed by atoms with van der Waals surface area (Å²) in [6.07, 6.45) is 1.32. The van der Waals surface area contributed by atoms with E-state index in [2.05, 4.69) is 4.98 Å². The van der Waals surface area contributed by atoms with Crippen molar-refractivity contribution in [2.75, 3.05) is 5.75 Å². The molecule has 1 atom stereocenters. The molecule has 2 aromatic rings. The van der Waals surface area contributed by atoms with E-state index in [9.17, 15) is 5.11 Å². The maximum absolute atomic E-state index is 9.93. The van der Waals surface area contributed by atoms with Gasteiger partial charge in [0, 0.05) is 11.9 Å². The highest BCUT2D eigenvalue weighted by atomic mass is 32.2. The Morgan fingerprint density at radius 1 is 1.06 bits per heavy atom. The highest BCUT2D eigenvalue weighted by Crippen LogP contribution is 2.22. The number of aliphatic hydroxyl groups is 1. The van der Waals surface area contributed by atoms with Crippen molar-refractivity contribution in [3.63, 3.8) is 0 Å². The molecule has 1 aromatic carbocycles. The van der Waals surface area contributed by atoms with Crippen molar-refractivity contribution < 1.29 is 5.11 Å². The summed E-state index contributed by atoms with van der Waals surface area (Å²) in [7, 11) is 0. The van der Waals surface area contributed by atoms with Crippen LogP contribution in [0.3, 0.4) is 0 Å². The summed E-state index contributed by atoms with van der Waals surface area (Å²) >= 11 is 1.56. The Kier molecular flexibility index (Phi) is 3.97. The molecule has 16 heavy (non-hydrogen) atoms. The van der Waals surface area contributed by atoms with Crippen LogP contribution in [0.15, 0.2) is 59.8 Å². The minimum absolute atomic E-state index is 0.437. The van der Waals surface area contributed by atoms with Gasteiger partial charge < -0.3 is 5.11 Å². The molecule has 2 rings (SSSR count). The zero-order valence-electron chi connectivity index (χ0n) is 8.78. The molecule has 0 aliphatic carbocycles. The van der Waals surface area contributed by atoms with Crippen LogP contribution in [0.1, 0.15) is 11.7 Å². The van der Waals surface area contributed by atoms with Gasteiger partial charge in [0.15, 0.2) is 0 Å². The summed E-state index contributed by atoms with van der Waals surface area (Å²) in [6, 6.07) is 15.5. The van der Waals surface area contributed by atoms with Gasteiger partial charge >= 0.3 is 0 Å². The standard InChI is InChI=1S/C13H13NOS/c15-12(11-6-2-1-3-7-11)10-16-13-8-4-5-9-14-13/h1-9,12,15H,10H2. The van der Waals surface area contributed by atoms with Crippen molar-refractivity contribution in [3.05, 3.63) is 60.3 Å². The summed E-state index contributed by atoms with van der Waals surface area (Å²) in [5.74, 6) is 0.626. The van der Waals surface area contributed by atoms with E-state index in [0.29, 0.717) is 5.75 Å². The fraction of sp³-hybridized carbons (Fsp3) is 0.154. The van der Waals surface area contributed by atoms with Crippen molar-refractivity contribution >= 4 is 11.8 Å². The van der Waals surface area contributed by atoms with Gasteiger partial charge in [0.2, 0.25) is 0 Å². The second-order valence-electron chi connectivity index (χ2n) is 3.41. The van der Waals surface area contributed by atoms with Gasteiger partial charge in [-0.1, -0.05) is 36.4 Å². The van der Waals surface area contributed by atoms with Gasteiger partial charge in [0.1, 0.15) is 0 Å². The van der Waals surface area contributed by atoms with E-state index >= 15 is 0 Å². The first-order chi connectivity index (χ1) is 7.86.